The van der Waals surface area contributed by atoms with Crippen LogP contribution in [0.15, 0.2) is 21.7 Å². The molecule has 0 aliphatic rings. The van der Waals surface area contributed by atoms with Crippen LogP contribution in [-0.2, 0) is 20.1 Å². The minimum Gasteiger partial charge on any atom is -0.493 e. The number of aryl methyl sites for hydroxylation is 1. The third-order valence-corrected chi connectivity index (χ3v) is 5.01. The van der Waals surface area contributed by atoms with Crippen molar-refractivity contribution in [3.8, 4) is 11.5 Å². The van der Waals surface area contributed by atoms with Gasteiger partial charge in [0, 0.05) is 20.1 Å². The molecule has 0 aliphatic heterocycles. The Morgan fingerprint density at radius 1 is 1.17 bits per heavy atom. The first-order chi connectivity index (χ1) is 14.2. The zero-order valence-corrected chi connectivity index (χ0v) is 18.4. The lowest BCUT2D eigenvalue weighted by Gasteiger charge is -2.20. The maximum atomic E-state index is 12.9. The second kappa shape index (κ2) is 9.62. The number of hydrogen-bond acceptors (Lipinski definition) is 7. The van der Waals surface area contributed by atoms with Gasteiger partial charge in [0.25, 0.3) is 5.56 Å². The molecule has 30 heavy (non-hydrogen) atoms. The minimum atomic E-state index is -0.675. The van der Waals surface area contributed by atoms with E-state index in [0.29, 0.717) is 31.0 Å². The number of ether oxygens (including phenoxy) is 2. The van der Waals surface area contributed by atoms with Crippen molar-refractivity contribution in [2.75, 3.05) is 33.5 Å². The number of nitrogens with zero attached hydrogens (tertiary/aromatic N) is 3. The van der Waals surface area contributed by atoms with Crippen LogP contribution in [0.2, 0.25) is 0 Å². The molecule has 0 saturated heterocycles. The maximum absolute atomic E-state index is 12.9. The van der Waals surface area contributed by atoms with Crippen LogP contribution < -0.4 is 26.5 Å². The fraction of sp³-hybridized carbons (Fsp3) is 0.476. The number of benzene rings is 1. The quantitative estimate of drug-likeness (QED) is 0.609. The zero-order chi connectivity index (χ0) is 22.6. The maximum Gasteiger partial charge on any atom is 0.332 e. The standard InChI is InChI=1S/C21H30N4O5/c1-7-8-25-19(22)18(20(27)24(4)21(25)28)15(26)12-23(3)11-14-10-17(30-6)16(29-5)9-13(14)2/h9-10H,7-8,11-12,22H2,1-6H3. The minimum absolute atomic E-state index is 0.0302. The molecule has 9 heteroatoms. The van der Waals surface area contributed by atoms with E-state index >= 15 is 0 Å². The Morgan fingerprint density at radius 3 is 2.33 bits per heavy atom. The van der Waals surface area contributed by atoms with Gasteiger partial charge in [-0.15, -0.1) is 0 Å². The van der Waals surface area contributed by atoms with Crippen molar-refractivity contribution in [3.63, 3.8) is 0 Å². The Balaban J connectivity index is 2.31. The summed E-state index contributed by atoms with van der Waals surface area (Å²) >= 11 is 0. The van der Waals surface area contributed by atoms with Crippen LogP contribution in [-0.4, -0.2) is 47.6 Å². The molecule has 0 saturated carbocycles. The van der Waals surface area contributed by atoms with Gasteiger partial charge in [0.1, 0.15) is 11.4 Å². The predicted molar refractivity (Wildman–Crippen MR) is 116 cm³/mol. The molecule has 0 unspecified atom stereocenters. The highest BCUT2D eigenvalue weighted by Crippen LogP contribution is 2.30. The predicted octanol–water partition coefficient (Wildman–Crippen LogP) is 1.18. The SMILES string of the molecule is CCCn1c(N)c(C(=O)CN(C)Cc2cc(OC)c(OC)cc2C)c(=O)n(C)c1=O. The summed E-state index contributed by atoms with van der Waals surface area (Å²) in [6, 6.07) is 3.74. The molecule has 0 amide bonds. The number of Topliss-reactive ketones (excluding diaryl/α,β-unsaturated/α-hetero) is 1. The van der Waals surface area contributed by atoms with Gasteiger partial charge in [-0.1, -0.05) is 6.92 Å². The summed E-state index contributed by atoms with van der Waals surface area (Å²) in [5, 5.41) is 0. The number of anilines is 1. The van der Waals surface area contributed by atoms with E-state index in [1.165, 1.54) is 11.6 Å². The molecular weight excluding hydrogens is 388 g/mol. The fourth-order valence-electron chi connectivity index (χ4n) is 3.35. The van der Waals surface area contributed by atoms with Crippen molar-refractivity contribution in [2.45, 2.75) is 33.4 Å². The molecule has 1 aromatic heterocycles. The largest absolute Gasteiger partial charge is 0.493 e. The molecule has 9 nitrogen and oxygen atoms in total. The molecule has 2 rings (SSSR count). The van der Waals surface area contributed by atoms with Crippen molar-refractivity contribution >= 4 is 11.6 Å². The van der Waals surface area contributed by atoms with Crippen LogP contribution in [0, 0.1) is 6.92 Å². The highest BCUT2D eigenvalue weighted by Gasteiger charge is 2.22. The van der Waals surface area contributed by atoms with Gasteiger partial charge in [-0.3, -0.25) is 23.6 Å². The molecule has 0 aliphatic carbocycles. The van der Waals surface area contributed by atoms with E-state index < -0.39 is 17.0 Å². The molecule has 0 bridgehead atoms. The number of methoxy groups -OCH3 is 2. The van der Waals surface area contributed by atoms with Crippen molar-refractivity contribution < 1.29 is 14.3 Å². The number of nitrogen functional groups attached to an aromatic ring is 1. The van der Waals surface area contributed by atoms with Crippen molar-refractivity contribution in [2.24, 2.45) is 7.05 Å². The summed E-state index contributed by atoms with van der Waals surface area (Å²) < 4.78 is 12.9. The van der Waals surface area contributed by atoms with Crippen LogP contribution in [0.4, 0.5) is 5.82 Å². The first-order valence-electron chi connectivity index (χ1n) is 9.68. The first kappa shape index (κ1) is 23.2. The van der Waals surface area contributed by atoms with Crippen LogP contribution in [0.5, 0.6) is 11.5 Å². The normalized spacial score (nSPS) is 11.0. The molecule has 0 fully saturated rings. The zero-order valence-electron chi connectivity index (χ0n) is 18.4. The Bertz CT molecular complexity index is 1050. The summed E-state index contributed by atoms with van der Waals surface area (Å²) in [5.41, 5.74) is 6.64. The van der Waals surface area contributed by atoms with Gasteiger partial charge in [0.2, 0.25) is 0 Å². The second-order valence-electron chi connectivity index (χ2n) is 7.29. The summed E-state index contributed by atoms with van der Waals surface area (Å²) in [6.45, 7) is 4.59. The van der Waals surface area contributed by atoms with E-state index in [0.717, 1.165) is 15.7 Å². The van der Waals surface area contributed by atoms with Crippen LogP contribution in [0.1, 0.15) is 34.8 Å². The third kappa shape index (κ3) is 4.56. The number of likely N-dealkylation sites (N-methyl/N-ethyl adjacent to an activating group) is 1. The van der Waals surface area contributed by atoms with Gasteiger partial charge in [-0.25, -0.2) is 4.79 Å². The van der Waals surface area contributed by atoms with E-state index in [1.807, 2.05) is 26.0 Å². The van der Waals surface area contributed by atoms with E-state index in [1.54, 1.807) is 26.2 Å². The smallest absolute Gasteiger partial charge is 0.332 e. The number of carbonyl (C=O) groups excluding carboxylic acids is 1. The molecule has 2 N–H and O–H groups in total. The average Bonchev–Trinajstić information content (AvgIpc) is 2.70. The Morgan fingerprint density at radius 2 is 1.77 bits per heavy atom. The van der Waals surface area contributed by atoms with E-state index in [-0.39, 0.29) is 17.9 Å². The molecule has 1 aromatic carbocycles. The number of nitrogens with two attached hydrogens (primary N) is 1. The van der Waals surface area contributed by atoms with Gasteiger partial charge in [0.05, 0.1) is 20.8 Å². The summed E-state index contributed by atoms with van der Waals surface area (Å²) in [6.07, 6.45) is 0.647. The number of aromatic nitrogens is 2. The van der Waals surface area contributed by atoms with Crippen LogP contribution in [0.3, 0.4) is 0 Å². The Kier molecular flexibility index (Phi) is 7.44. The van der Waals surface area contributed by atoms with E-state index in [9.17, 15) is 14.4 Å². The number of ketones is 1. The van der Waals surface area contributed by atoms with E-state index in [4.69, 9.17) is 15.2 Å². The lowest BCUT2D eigenvalue weighted by Crippen LogP contribution is -2.43. The molecule has 1 heterocycles. The lowest BCUT2D eigenvalue weighted by atomic mass is 10.1. The van der Waals surface area contributed by atoms with Gasteiger partial charge in [0.15, 0.2) is 17.3 Å². The number of hydrogen-bond donors (Lipinski definition) is 1. The summed E-state index contributed by atoms with van der Waals surface area (Å²) in [5.74, 6) is 0.721. The van der Waals surface area contributed by atoms with Crippen molar-refractivity contribution in [1.29, 1.82) is 0 Å². The van der Waals surface area contributed by atoms with E-state index in [2.05, 4.69) is 0 Å². The monoisotopic (exact) mass is 418 g/mol. The fourth-order valence-corrected chi connectivity index (χ4v) is 3.35. The molecule has 0 spiro atoms. The number of rotatable bonds is 9. The molecule has 0 radical (unpaired) electrons. The van der Waals surface area contributed by atoms with Crippen LogP contribution >= 0.6 is 0 Å². The van der Waals surface area contributed by atoms with Gasteiger partial charge in [-0.2, -0.15) is 0 Å². The lowest BCUT2D eigenvalue weighted by molar-refractivity contribution is 0.0940. The van der Waals surface area contributed by atoms with Crippen molar-refractivity contribution in [1.82, 2.24) is 14.0 Å². The van der Waals surface area contributed by atoms with Gasteiger partial charge >= 0.3 is 5.69 Å². The third-order valence-electron chi connectivity index (χ3n) is 5.01. The highest BCUT2D eigenvalue weighted by atomic mass is 16.5. The van der Waals surface area contributed by atoms with Crippen LogP contribution in [0.25, 0.3) is 0 Å². The Labute approximate surface area is 175 Å². The first-order valence-corrected chi connectivity index (χ1v) is 9.68. The summed E-state index contributed by atoms with van der Waals surface area (Å²) in [7, 11) is 6.26. The highest BCUT2D eigenvalue weighted by molar-refractivity contribution is 6.01. The van der Waals surface area contributed by atoms with Crippen molar-refractivity contribution in [3.05, 3.63) is 49.7 Å². The second-order valence-corrected chi connectivity index (χ2v) is 7.29. The molecule has 0 atom stereocenters. The number of carbonyl (C=O) groups is 1. The Hall–Kier alpha value is -3.07. The molecule has 2 aromatic rings. The van der Waals surface area contributed by atoms with Gasteiger partial charge in [-0.05, 0) is 43.7 Å². The molecule has 164 valence electrons. The van der Waals surface area contributed by atoms with Gasteiger partial charge < -0.3 is 15.2 Å². The summed E-state index contributed by atoms with van der Waals surface area (Å²) in [4.78, 5) is 39.5. The topological polar surface area (TPSA) is 109 Å². The molecular formula is C21H30N4O5. The average molecular weight is 418 g/mol.